The average Bonchev–Trinajstić information content (AvgIpc) is 3.32. The fourth-order valence-electron chi connectivity index (χ4n) is 4.11. The van der Waals surface area contributed by atoms with Crippen LogP contribution in [0.4, 0.5) is 0 Å². The maximum absolute atomic E-state index is 10.8. The standard InChI is InChI=1S/C28H31ClN2O4/c1-20-6-3-4-9-28(20)34-19-24(32)17-31(16-21-7-5-8-25(14-21)33-2)18-26-15-27(30-35-26)22-10-12-23(29)13-11-22/h3-14,24,26,32H,15-19H2,1-2H3/t24-,26+/m1/s1. The second kappa shape index (κ2) is 12.1. The molecule has 35 heavy (non-hydrogen) atoms. The number of para-hydroxylation sites is 1. The first-order valence-corrected chi connectivity index (χ1v) is 12.1. The van der Waals surface area contributed by atoms with E-state index in [1.807, 2.05) is 73.7 Å². The zero-order valence-corrected chi connectivity index (χ0v) is 20.8. The van der Waals surface area contributed by atoms with E-state index in [4.69, 9.17) is 25.9 Å². The van der Waals surface area contributed by atoms with Gasteiger partial charge in [-0.25, -0.2) is 0 Å². The Morgan fingerprint density at radius 2 is 1.91 bits per heavy atom. The van der Waals surface area contributed by atoms with Crippen molar-refractivity contribution in [3.63, 3.8) is 0 Å². The number of aliphatic hydroxyl groups is 1. The van der Waals surface area contributed by atoms with Crippen molar-refractivity contribution in [3.05, 3.63) is 94.5 Å². The molecular weight excluding hydrogens is 464 g/mol. The van der Waals surface area contributed by atoms with Crippen molar-refractivity contribution < 1.29 is 19.4 Å². The number of aliphatic hydroxyl groups excluding tert-OH is 1. The van der Waals surface area contributed by atoms with Crippen molar-refractivity contribution in [2.75, 3.05) is 26.8 Å². The quantitative estimate of drug-likeness (QED) is 0.402. The molecule has 0 amide bonds. The molecule has 0 saturated heterocycles. The van der Waals surface area contributed by atoms with Gasteiger partial charge in [0.15, 0.2) is 0 Å². The Labute approximate surface area is 211 Å². The van der Waals surface area contributed by atoms with Crippen LogP contribution in [-0.2, 0) is 11.4 Å². The number of methoxy groups -OCH3 is 1. The first-order chi connectivity index (χ1) is 17.0. The van der Waals surface area contributed by atoms with E-state index in [-0.39, 0.29) is 12.7 Å². The third-order valence-corrected chi connectivity index (χ3v) is 6.16. The normalized spacial score (nSPS) is 16.0. The van der Waals surface area contributed by atoms with Crippen LogP contribution in [0, 0.1) is 6.92 Å². The molecule has 7 heteroatoms. The van der Waals surface area contributed by atoms with Gasteiger partial charge >= 0.3 is 0 Å². The van der Waals surface area contributed by atoms with Crippen molar-refractivity contribution >= 4 is 17.3 Å². The Hall–Kier alpha value is -3.06. The average molecular weight is 495 g/mol. The summed E-state index contributed by atoms with van der Waals surface area (Å²) < 4.78 is 11.3. The summed E-state index contributed by atoms with van der Waals surface area (Å²) in [5, 5.41) is 15.8. The molecule has 0 fully saturated rings. The van der Waals surface area contributed by atoms with Crippen LogP contribution in [0.5, 0.6) is 11.5 Å². The summed E-state index contributed by atoms with van der Waals surface area (Å²) in [5.41, 5.74) is 4.03. The lowest BCUT2D eigenvalue weighted by Crippen LogP contribution is -2.39. The van der Waals surface area contributed by atoms with Crippen molar-refractivity contribution in [2.24, 2.45) is 5.16 Å². The van der Waals surface area contributed by atoms with Gasteiger partial charge in [0, 0.05) is 31.1 Å². The summed E-state index contributed by atoms with van der Waals surface area (Å²) in [6.07, 6.45) is -0.0967. The zero-order chi connectivity index (χ0) is 24.6. The highest BCUT2D eigenvalue weighted by Gasteiger charge is 2.26. The van der Waals surface area contributed by atoms with Crippen molar-refractivity contribution in [1.29, 1.82) is 0 Å². The molecule has 184 valence electrons. The Morgan fingerprint density at radius 3 is 2.69 bits per heavy atom. The largest absolute Gasteiger partial charge is 0.497 e. The number of aryl methyl sites for hydroxylation is 1. The molecule has 1 aliphatic heterocycles. The third kappa shape index (κ3) is 7.21. The summed E-state index contributed by atoms with van der Waals surface area (Å²) in [6, 6.07) is 23.4. The van der Waals surface area contributed by atoms with Gasteiger partial charge in [0.2, 0.25) is 0 Å². The van der Waals surface area contributed by atoms with Gasteiger partial charge < -0.3 is 19.4 Å². The predicted octanol–water partition coefficient (Wildman–Crippen LogP) is 5.09. The first kappa shape index (κ1) is 25.0. The molecule has 1 heterocycles. The number of rotatable bonds is 11. The highest BCUT2D eigenvalue weighted by molar-refractivity contribution is 6.30. The highest BCUT2D eigenvalue weighted by atomic mass is 35.5. The molecule has 6 nitrogen and oxygen atoms in total. The molecule has 0 spiro atoms. The van der Waals surface area contributed by atoms with Crippen LogP contribution in [0.2, 0.25) is 5.02 Å². The van der Waals surface area contributed by atoms with Crippen LogP contribution in [0.3, 0.4) is 0 Å². The maximum Gasteiger partial charge on any atom is 0.145 e. The third-order valence-electron chi connectivity index (χ3n) is 5.91. The molecule has 1 N–H and O–H groups in total. The maximum atomic E-state index is 10.8. The van der Waals surface area contributed by atoms with Gasteiger partial charge in [0.05, 0.1) is 12.8 Å². The summed E-state index contributed by atoms with van der Waals surface area (Å²) in [5.74, 6) is 1.59. The lowest BCUT2D eigenvalue weighted by Gasteiger charge is -2.27. The van der Waals surface area contributed by atoms with E-state index in [1.54, 1.807) is 7.11 Å². The molecule has 0 radical (unpaired) electrons. The van der Waals surface area contributed by atoms with Crippen molar-refractivity contribution in [2.45, 2.75) is 32.1 Å². The summed E-state index contributed by atoms with van der Waals surface area (Å²) >= 11 is 6.02. The van der Waals surface area contributed by atoms with Crippen LogP contribution >= 0.6 is 11.6 Å². The van der Waals surface area contributed by atoms with Gasteiger partial charge in [-0.1, -0.05) is 59.2 Å². The van der Waals surface area contributed by atoms with Gasteiger partial charge in [-0.3, -0.25) is 4.90 Å². The number of benzene rings is 3. The smallest absolute Gasteiger partial charge is 0.145 e. The van der Waals surface area contributed by atoms with Crippen LogP contribution < -0.4 is 9.47 Å². The number of hydrogen-bond acceptors (Lipinski definition) is 6. The molecule has 0 unspecified atom stereocenters. The van der Waals surface area contributed by atoms with E-state index in [9.17, 15) is 5.11 Å². The Kier molecular flexibility index (Phi) is 8.64. The molecule has 0 aliphatic carbocycles. The zero-order valence-electron chi connectivity index (χ0n) is 20.1. The molecule has 4 rings (SSSR count). The first-order valence-electron chi connectivity index (χ1n) is 11.7. The van der Waals surface area contributed by atoms with Gasteiger partial charge in [0.25, 0.3) is 0 Å². The number of ether oxygens (including phenoxy) is 2. The summed E-state index contributed by atoms with van der Waals surface area (Å²) in [6.45, 7) is 3.87. The van der Waals surface area contributed by atoms with E-state index in [0.29, 0.717) is 31.1 Å². The topological polar surface area (TPSA) is 63.5 Å². The fourth-order valence-corrected chi connectivity index (χ4v) is 4.24. The Balaban J connectivity index is 1.40. The second-order valence-electron chi connectivity index (χ2n) is 8.75. The van der Waals surface area contributed by atoms with Gasteiger partial charge in [0.1, 0.15) is 30.3 Å². The molecule has 3 aromatic carbocycles. The van der Waals surface area contributed by atoms with Crippen molar-refractivity contribution in [1.82, 2.24) is 4.90 Å². The van der Waals surface area contributed by atoms with E-state index in [1.165, 1.54) is 0 Å². The lowest BCUT2D eigenvalue weighted by atomic mass is 10.0. The molecule has 0 bridgehead atoms. The SMILES string of the molecule is COc1cccc(CN(C[C@@H](O)COc2ccccc2C)C[C@@H]2CC(c3ccc(Cl)cc3)=NO2)c1. The lowest BCUT2D eigenvalue weighted by molar-refractivity contribution is 0.0212. The number of hydrogen-bond donors (Lipinski definition) is 1. The van der Waals surface area contributed by atoms with Crippen LogP contribution in [0.15, 0.2) is 78.0 Å². The number of oxime groups is 1. The monoisotopic (exact) mass is 494 g/mol. The van der Waals surface area contributed by atoms with Crippen molar-refractivity contribution in [3.8, 4) is 11.5 Å². The van der Waals surface area contributed by atoms with E-state index in [2.05, 4.69) is 16.1 Å². The minimum Gasteiger partial charge on any atom is -0.497 e. The van der Waals surface area contributed by atoms with Crippen LogP contribution in [0.25, 0.3) is 0 Å². The Bertz CT molecular complexity index is 1140. The second-order valence-corrected chi connectivity index (χ2v) is 9.19. The molecule has 3 aromatic rings. The molecule has 0 saturated carbocycles. The minimum atomic E-state index is -0.668. The predicted molar refractivity (Wildman–Crippen MR) is 138 cm³/mol. The van der Waals surface area contributed by atoms with E-state index < -0.39 is 6.10 Å². The summed E-state index contributed by atoms with van der Waals surface area (Å²) in [7, 11) is 1.66. The molecule has 0 aromatic heterocycles. The van der Waals surface area contributed by atoms with Crippen LogP contribution in [0.1, 0.15) is 23.1 Å². The van der Waals surface area contributed by atoms with E-state index in [0.717, 1.165) is 33.9 Å². The summed E-state index contributed by atoms with van der Waals surface area (Å²) in [4.78, 5) is 7.94. The van der Waals surface area contributed by atoms with Gasteiger partial charge in [-0.05, 0) is 53.9 Å². The highest BCUT2D eigenvalue weighted by Crippen LogP contribution is 2.22. The van der Waals surface area contributed by atoms with Crippen LogP contribution in [-0.4, -0.2) is 54.7 Å². The number of halogens is 1. The molecule has 2 atom stereocenters. The molecular formula is C28H31ClN2O4. The van der Waals surface area contributed by atoms with Gasteiger partial charge in [-0.2, -0.15) is 0 Å². The van der Waals surface area contributed by atoms with E-state index >= 15 is 0 Å². The van der Waals surface area contributed by atoms with Gasteiger partial charge in [-0.15, -0.1) is 0 Å². The Morgan fingerprint density at radius 1 is 1.11 bits per heavy atom. The fraction of sp³-hybridized carbons (Fsp3) is 0.321. The minimum absolute atomic E-state index is 0.115. The molecule has 1 aliphatic rings. The number of nitrogens with zero attached hydrogens (tertiary/aromatic N) is 2.